The van der Waals surface area contributed by atoms with E-state index in [1.165, 1.54) is 0 Å². The number of carboxylic acids is 1. The number of carbonyl (C=O) groups excluding carboxylic acids is 1. The summed E-state index contributed by atoms with van der Waals surface area (Å²) in [6, 6.07) is -1.03. The van der Waals surface area contributed by atoms with Crippen LogP contribution in [0.1, 0.15) is 46.5 Å². The highest BCUT2D eigenvalue weighted by Gasteiger charge is 2.28. The van der Waals surface area contributed by atoms with Crippen molar-refractivity contribution in [1.82, 2.24) is 10.2 Å². The van der Waals surface area contributed by atoms with Crippen molar-refractivity contribution in [1.29, 1.82) is 0 Å². The first-order valence-corrected chi connectivity index (χ1v) is 7.24. The average molecular weight is 270 g/mol. The molecule has 0 bridgehead atoms. The van der Waals surface area contributed by atoms with E-state index in [4.69, 9.17) is 0 Å². The number of carboxylic acid groups (broad SMARTS) is 1. The smallest absolute Gasteiger partial charge is 0.326 e. The third-order valence-electron chi connectivity index (χ3n) is 4.06. The van der Waals surface area contributed by atoms with Crippen LogP contribution in [-0.4, -0.2) is 41.1 Å². The van der Waals surface area contributed by atoms with Gasteiger partial charge in [-0.2, -0.15) is 0 Å². The monoisotopic (exact) mass is 270 g/mol. The molecule has 0 aliphatic carbocycles. The zero-order chi connectivity index (χ0) is 14.4. The molecule has 0 spiro atoms. The van der Waals surface area contributed by atoms with E-state index in [9.17, 15) is 14.7 Å². The fraction of sp³-hybridized carbons (Fsp3) is 0.857. The predicted octanol–water partition coefficient (Wildman–Crippen LogP) is 2.32. The van der Waals surface area contributed by atoms with Crippen LogP contribution in [0, 0.1) is 11.8 Å². The first-order chi connectivity index (χ1) is 8.95. The number of hydrogen-bond donors (Lipinski definition) is 2. The molecular weight excluding hydrogens is 244 g/mol. The fourth-order valence-corrected chi connectivity index (χ4v) is 2.37. The van der Waals surface area contributed by atoms with Crippen molar-refractivity contribution in [3.63, 3.8) is 0 Å². The third kappa shape index (κ3) is 4.73. The topological polar surface area (TPSA) is 69.6 Å². The van der Waals surface area contributed by atoms with Gasteiger partial charge in [0.1, 0.15) is 6.04 Å². The van der Waals surface area contributed by atoms with Crippen LogP contribution in [0.25, 0.3) is 0 Å². The Morgan fingerprint density at radius 3 is 2.63 bits per heavy atom. The zero-order valence-corrected chi connectivity index (χ0v) is 12.2. The number of aliphatic carboxylic acids is 1. The third-order valence-corrected chi connectivity index (χ3v) is 4.06. The Hall–Kier alpha value is -1.26. The minimum atomic E-state index is -0.953. The van der Waals surface area contributed by atoms with Crippen LogP contribution in [0.4, 0.5) is 4.79 Å². The average Bonchev–Trinajstić information content (AvgIpc) is 2.59. The lowest BCUT2D eigenvalue weighted by Gasteiger charge is -2.26. The van der Waals surface area contributed by atoms with Crippen molar-refractivity contribution in [3.8, 4) is 0 Å². The molecule has 0 aromatic rings. The van der Waals surface area contributed by atoms with Crippen LogP contribution in [-0.2, 0) is 4.79 Å². The van der Waals surface area contributed by atoms with E-state index in [1.807, 2.05) is 13.8 Å². The summed E-state index contributed by atoms with van der Waals surface area (Å²) in [5.41, 5.74) is 0. The second-order valence-electron chi connectivity index (χ2n) is 5.67. The fourth-order valence-electron chi connectivity index (χ4n) is 2.37. The Bertz CT molecular complexity index is 320. The van der Waals surface area contributed by atoms with Crippen LogP contribution >= 0.6 is 0 Å². The van der Waals surface area contributed by atoms with E-state index in [2.05, 4.69) is 12.2 Å². The zero-order valence-electron chi connectivity index (χ0n) is 12.2. The molecule has 0 aromatic heterocycles. The number of amides is 2. The molecule has 5 heteroatoms. The van der Waals surface area contributed by atoms with E-state index in [1.54, 1.807) is 4.90 Å². The van der Waals surface area contributed by atoms with Crippen molar-refractivity contribution in [3.05, 3.63) is 0 Å². The van der Waals surface area contributed by atoms with Gasteiger partial charge in [0.25, 0.3) is 0 Å². The van der Waals surface area contributed by atoms with Crippen LogP contribution in [0.3, 0.4) is 0 Å². The molecule has 1 rings (SSSR count). The molecule has 2 N–H and O–H groups in total. The molecule has 0 saturated carbocycles. The molecule has 1 fully saturated rings. The van der Waals surface area contributed by atoms with Gasteiger partial charge in [0.2, 0.25) is 0 Å². The van der Waals surface area contributed by atoms with Crippen molar-refractivity contribution in [2.24, 2.45) is 11.8 Å². The van der Waals surface area contributed by atoms with Crippen molar-refractivity contribution in [2.45, 2.75) is 52.5 Å². The van der Waals surface area contributed by atoms with Crippen LogP contribution in [0.5, 0.6) is 0 Å². The van der Waals surface area contributed by atoms with E-state index in [0.717, 1.165) is 38.8 Å². The number of nitrogens with one attached hydrogen (secondary N) is 1. The molecule has 2 amide bonds. The van der Waals surface area contributed by atoms with Crippen LogP contribution in [0.2, 0.25) is 0 Å². The summed E-state index contributed by atoms with van der Waals surface area (Å²) in [6.45, 7) is 7.42. The summed E-state index contributed by atoms with van der Waals surface area (Å²) >= 11 is 0. The second kappa shape index (κ2) is 7.36. The normalized spacial score (nSPS) is 23.3. The lowest BCUT2D eigenvalue weighted by molar-refractivity contribution is -0.140. The van der Waals surface area contributed by atoms with Gasteiger partial charge < -0.3 is 15.3 Å². The number of nitrogens with zero attached hydrogens (tertiary/aromatic N) is 1. The second-order valence-corrected chi connectivity index (χ2v) is 5.67. The summed E-state index contributed by atoms with van der Waals surface area (Å²) < 4.78 is 0. The lowest BCUT2D eigenvalue weighted by atomic mass is 9.99. The van der Waals surface area contributed by atoms with Gasteiger partial charge in [0.05, 0.1) is 0 Å². The van der Waals surface area contributed by atoms with Gasteiger partial charge in [-0.05, 0) is 31.1 Å². The lowest BCUT2D eigenvalue weighted by Crippen LogP contribution is -2.50. The molecule has 5 nitrogen and oxygen atoms in total. The van der Waals surface area contributed by atoms with E-state index >= 15 is 0 Å². The van der Waals surface area contributed by atoms with Crippen molar-refractivity contribution >= 4 is 12.0 Å². The predicted molar refractivity (Wildman–Crippen MR) is 74.0 cm³/mol. The molecule has 1 aliphatic heterocycles. The molecular formula is C14H26N2O3. The largest absolute Gasteiger partial charge is 0.480 e. The van der Waals surface area contributed by atoms with Crippen LogP contribution < -0.4 is 5.32 Å². The Balaban J connectivity index is 2.58. The molecule has 1 saturated heterocycles. The molecule has 1 aliphatic rings. The van der Waals surface area contributed by atoms with E-state index in [0.29, 0.717) is 5.92 Å². The highest BCUT2D eigenvalue weighted by atomic mass is 16.4. The summed E-state index contributed by atoms with van der Waals surface area (Å²) in [6.07, 6.45) is 3.86. The van der Waals surface area contributed by atoms with Gasteiger partial charge in [-0.1, -0.05) is 27.2 Å². The molecule has 19 heavy (non-hydrogen) atoms. The van der Waals surface area contributed by atoms with Gasteiger partial charge >= 0.3 is 12.0 Å². The van der Waals surface area contributed by atoms with Gasteiger partial charge in [0.15, 0.2) is 0 Å². The Morgan fingerprint density at radius 2 is 2.05 bits per heavy atom. The maximum atomic E-state index is 12.1. The van der Waals surface area contributed by atoms with Gasteiger partial charge in [-0.25, -0.2) is 9.59 Å². The molecule has 3 atom stereocenters. The highest BCUT2D eigenvalue weighted by Crippen LogP contribution is 2.17. The molecule has 1 heterocycles. The number of likely N-dealkylation sites (tertiary alicyclic amines) is 1. The van der Waals surface area contributed by atoms with Crippen molar-refractivity contribution < 1.29 is 14.7 Å². The van der Waals surface area contributed by atoms with Crippen molar-refractivity contribution in [2.75, 3.05) is 13.1 Å². The SMILES string of the molecule is CCC(C)C(NC(=O)N1CCCC(C)CC1)C(=O)O. The maximum Gasteiger partial charge on any atom is 0.326 e. The summed E-state index contributed by atoms with van der Waals surface area (Å²) in [7, 11) is 0. The molecule has 3 unspecified atom stereocenters. The summed E-state index contributed by atoms with van der Waals surface area (Å²) in [5.74, 6) is -0.374. The van der Waals surface area contributed by atoms with Gasteiger partial charge in [0, 0.05) is 13.1 Å². The first kappa shape index (κ1) is 15.8. The van der Waals surface area contributed by atoms with E-state index < -0.39 is 12.0 Å². The molecule has 0 aromatic carbocycles. The van der Waals surface area contributed by atoms with Crippen LogP contribution in [0.15, 0.2) is 0 Å². The molecule has 110 valence electrons. The number of carbonyl (C=O) groups is 2. The number of urea groups is 1. The van der Waals surface area contributed by atoms with Gasteiger partial charge in [-0.3, -0.25) is 0 Å². The summed E-state index contributed by atoms with van der Waals surface area (Å²) in [4.78, 5) is 25.1. The maximum absolute atomic E-state index is 12.1. The number of hydrogen-bond acceptors (Lipinski definition) is 2. The Kier molecular flexibility index (Phi) is 6.12. The molecule has 0 radical (unpaired) electrons. The summed E-state index contributed by atoms with van der Waals surface area (Å²) in [5, 5.41) is 11.9. The Labute approximate surface area is 115 Å². The minimum Gasteiger partial charge on any atom is -0.480 e. The quantitative estimate of drug-likeness (QED) is 0.823. The standard InChI is InChI=1S/C14H26N2O3/c1-4-11(3)12(13(17)18)15-14(19)16-8-5-6-10(2)7-9-16/h10-12H,4-9H2,1-3H3,(H,15,19)(H,17,18). The first-order valence-electron chi connectivity index (χ1n) is 7.24. The van der Waals surface area contributed by atoms with Gasteiger partial charge in [-0.15, -0.1) is 0 Å². The number of rotatable bonds is 4. The minimum absolute atomic E-state index is 0.0626. The van der Waals surface area contributed by atoms with E-state index in [-0.39, 0.29) is 11.9 Å². The highest BCUT2D eigenvalue weighted by molar-refractivity contribution is 5.82. The Morgan fingerprint density at radius 1 is 1.37 bits per heavy atom.